The maximum absolute atomic E-state index is 13.7. The number of aliphatic hydroxyl groups excluding tert-OH is 1. The number of aliphatic hydroxyl groups is 1. The van der Waals surface area contributed by atoms with Crippen LogP contribution in [0.25, 0.3) is 0 Å². The summed E-state index contributed by atoms with van der Waals surface area (Å²) >= 11 is 0. The fourth-order valence-corrected chi connectivity index (χ4v) is 7.00. The van der Waals surface area contributed by atoms with Crippen LogP contribution < -0.4 is 15.4 Å². The van der Waals surface area contributed by atoms with Crippen molar-refractivity contribution in [3.63, 3.8) is 0 Å². The molecule has 2 bridgehead atoms. The first-order valence-electron chi connectivity index (χ1n) is 14.6. The zero-order valence-corrected chi connectivity index (χ0v) is 25.6. The molecule has 1 heterocycles. The molecule has 2 aliphatic rings. The molecule has 1 amide bonds. The second-order valence-corrected chi connectivity index (χ2v) is 13.4. The van der Waals surface area contributed by atoms with Crippen LogP contribution >= 0.6 is 0 Å². The van der Waals surface area contributed by atoms with Gasteiger partial charge in [-0.15, -0.1) is 0 Å². The van der Waals surface area contributed by atoms with Gasteiger partial charge in [-0.3, -0.25) is 4.79 Å². The number of hydrogen-bond acceptors (Lipinski definition) is 7. The fraction of sp³-hybridized carbons (Fsp3) is 0.516. The van der Waals surface area contributed by atoms with Gasteiger partial charge in [-0.05, 0) is 48.1 Å². The van der Waals surface area contributed by atoms with Crippen molar-refractivity contribution in [2.75, 3.05) is 39.7 Å². The van der Waals surface area contributed by atoms with Gasteiger partial charge in [0.2, 0.25) is 15.9 Å². The van der Waals surface area contributed by atoms with Crippen molar-refractivity contribution in [1.29, 1.82) is 0 Å². The lowest BCUT2D eigenvalue weighted by atomic mass is 9.99. The molecule has 4 rings (SSSR count). The molecule has 0 aromatic heterocycles. The van der Waals surface area contributed by atoms with E-state index >= 15 is 0 Å². The lowest BCUT2D eigenvalue weighted by Crippen LogP contribution is -2.55. The molecule has 44 heavy (non-hydrogen) atoms. The third-order valence-electron chi connectivity index (χ3n) is 8.18. The van der Waals surface area contributed by atoms with E-state index in [0.29, 0.717) is 16.7 Å². The highest BCUT2D eigenvalue weighted by molar-refractivity contribution is 7.89. The minimum absolute atomic E-state index is 0.0873. The number of alkyl halides is 3. The van der Waals surface area contributed by atoms with Crippen molar-refractivity contribution in [1.82, 2.24) is 14.9 Å². The SMILES string of the molecule is COc1ccc2c(c1)[C@@H]1C[C@H]2COC/C=C/C[C@H](N(C)S(=O)(=O)CCC(F)(F)F)C(=O)N[C@@H](Cc2ccccc2)[C@H](O)CN1. The Bertz CT molecular complexity index is 1390. The number of nitrogens with zero attached hydrogens (tertiary/aromatic N) is 1. The number of fused-ring (bicyclic) bond motifs is 5. The minimum Gasteiger partial charge on any atom is -0.497 e. The van der Waals surface area contributed by atoms with E-state index in [4.69, 9.17) is 9.47 Å². The van der Waals surface area contributed by atoms with E-state index in [-0.39, 0.29) is 38.0 Å². The molecule has 1 aliphatic heterocycles. The standard InChI is InChI=1S/C31H40F3N3O6S/c1-37(44(40,41)15-13-31(32,33)34)28-10-6-7-14-43-20-22-17-26(25-18-23(42-2)11-12-24(22)25)35-19-29(38)27(36-30(28)39)16-21-8-4-3-5-9-21/h3-9,11-12,18,22,26-29,35,38H,10,13-17,19-20H2,1-2H3,(H,36,39)/b7-6+/t22-,26-,27-,28-,29+/m0/s1. The van der Waals surface area contributed by atoms with Crippen LogP contribution in [0.15, 0.2) is 60.7 Å². The number of halogens is 3. The minimum atomic E-state index is -4.67. The number of ether oxygens (including phenoxy) is 2. The Morgan fingerprint density at radius 3 is 2.57 bits per heavy atom. The average Bonchev–Trinajstić information content (AvgIpc) is 3.34. The number of rotatable bonds is 7. The van der Waals surface area contributed by atoms with Crippen LogP contribution in [0.4, 0.5) is 13.2 Å². The van der Waals surface area contributed by atoms with Crippen molar-refractivity contribution < 1.29 is 41.0 Å². The number of nitrogens with one attached hydrogen (secondary N) is 2. The fourth-order valence-electron chi connectivity index (χ4n) is 5.65. The number of benzene rings is 2. The third-order valence-corrected chi connectivity index (χ3v) is 10.0. The maximum atomic E-state index is 13.7. The van der Waals surface area contributed by atoms with Gasteiger partial charge in [-0.1, -0.05) is 48.6 Å². The topological polar surface area (TPSA) is 117 Å². The van der Waals surface area contributed by atoms with Crippen molar-refractivity contribution in [2.45, 2.75) is 62.0 Å². The van der Waals surface area contributed by atoms with Crippen LogP contribution in [0, 0.1) is 0 Å². The normalized spacial score (nSPS) is 26.2. The molecule has 13 heteroatoms. The molecule has 0 saturated heterocycles. The molecule has 5 atom stereocenters. The molecule has 242 valence electrons. The Morgan fingerprint density at radius 2 is 1.86 bits per heavy atom. The first kappa shape index (κ1) is 33.9. The van der Waals surface area contributed by atoms with E-state index in [1.54, 1.807) is 19.3 Å². The quantitative estimate of drug-likeness (QED) is 0.398. The largest absolute Gasteiger partial charge is 0.497 e. The van der Waals surface area contributed by atoms with Crippen LogP contribution in [0.1, 0.15) is 47.9 Å². The Hall–Kier alpha value is -2.97. The second-order valence-electron chi connectivity index (χ2n) is 11.2. The highest BCUT2D eigenvalue weighted by Gasteiger charge is 2.37. The molecule has 0 saturated carbocycles. The molecule has 3 N–H and O–H groups in total. The summed E-state index contributed by atoms with van der Waals surface area (Å²) in [5.41, 5.74) is 2.99. The van der Waals surface area contributed by atoms with E-state index in [1.807, 2.05) is 48.5 Å². The van der Waals surface area contributed by atoms with Gasteiger partial charge in [-0.25, -0.2) is 8.42 Å². The van der Waals surface area contributed by atoms with E-state index < -0.39 is 52.5 Å². The van der Waals surface area contributed by atoms with Crippen LogP contribution in [0.2, 0.25) is 0 Å². The first-order chi connectivity index (χ1) is 20.9. The van der Waals surface area contributed by atoms with E-state index in [1.165, 1.54) is 0 Å². The molecule has 0 unspecified atom stereocenters. The van der Waals surface area contributed by atoms with Crippen molar-refractivity contribution >= 4 is 15.9 Å². The molecule has 2 aromatic rings. The summed E-state index contributed by atoms with van der Waals surface area (Å²) in [6, 6.07) is 12.8. The lowest BCUT2D eigenvalue weighted by molar-refractivity contribution is -0.130. The van der Waals surface area contributed by atoms with Gasteiger partial charge in [0.1, 0.15) is 11.8 Å². The van der Waals surface area contributed by atoms with Gasteiger partial charge < -0.3 is 25.2 Å². The van der Waals surface area contributed by atoms with Gasteiger partial charge in [0.15, 0.2) is 0 Å². The predicted octanol–water partition coefficient (Wildman–Crippen LogP) is 3.46. The highest BCUT2D eigenvalue weighted by atomic mass is 32.2. The Labute approximate surface area is 256 Å². The molecule has 1 aliphatic carbocycles. The smallest absolute Gasteiger partial charge is 0.390 e. The molecule has 0 fully saturated rings. The van der Waals surface area contributed by atoms with Crippen LogP contribution in [-0.2, 0) is 26.0 Å². The summed E-state index contributed by atoms with van der Waals surface area (Å²) in [7, 11) is -1.74. The van der Waals surface area contributed by atoms with Gasteiger partial charge in [0.25, 0.3) is 0 Å². The number of carbonyl (C=O) groups excluding carboxylic acids is 1. The molecule has 0 radical (unpaired) electrons. The van der Waals surface area contributed by atoms with Crippen LogP contribution in [0.5, 0.6) is 5.75 Å². The molecule has 9 nitrogen and oxygen atoms in total. The van der Waals surface area contributed by atoms with Gasteiger partial charge in [0.05, 0.1) is 44.6 Å². The van der Waals surface area contributed by atoms with Crippen LogP contribution in [0.3, 0.4) is 0 Å². The Morgan fingerprint density at radius 1 is 1.11 bits per heavy atom. The van der Waals surface area contributed by atoms with Crippen molar-refractivity contribution in [3.05, 3.63) is 77.4 Å². The van der Waals surface area contributed by atoms with Gasteiger partial charge in [0, 0.05) is 25.6 Å². The van der Waals surface area contributed by atoms with Crippen LogP contribution in [-0.4, -0.2) is 87.8 Å². The number of carbonyl (C=O) groups is 1. The molecule has 0 spiro atoms. The van der Waals surface area contributed by atoms with Crippen molar-refractivity contribution in [3.8, 4) is 5.75 Å². The Balaban J connectivity index is 1.62. The number of β-amino-alcohol motifs (C(OH)–C–C–N with tert-alkyl or cyclic N) is 1. The maximum Gasteiger partial charge on any atom is 0.390 e. The first-order valence-corrected chi connectivity index (χ1v) is 16.2. The van der Waals surface area contributed by atoms with E-state index in [2.05, 4.69) is 10.6 Å². The zero-order chi connectivity index (χ0) is 31.9. The summed E-state index contributed by atoms with van der Waals surface area (Å²) in [4.78, 5) is 13.7. The van der Waals surface area contributed by atoms with Gasteiger partial charge in [-0.2, -0.15) is 17.5 Å². The zero-order valence-electron chi connectivity index (χ0n) is 24.8. The lowest BCUT2D eigenvalue weighted by Gasteiger charge is -2.31. The number of hydrogen-bond donors (Lipinski definition) is 3. The third kappa shape index (κ3) is 9.04. The summed E-state index contributed by atoms with van der Waals surface area (Å²) < 4.78 is 76.4. The summed E-state index contributed by atoms with van der Waals surface area (Å²) in [5.74, 6) is -1.11. The highest BCUT2D eigenvalue weighted by Crippen LogP contribution is 2.42. The van der Waals surface area contributed by atoms with E-state index in [0.717, 1.165) is 30.2 Å². The second kappa shape index (κ2) is 14.9. The Kier molecular flexibility index (Phi) is 11.5. The summed E-state index contributed by atoms with van der Waals surface area (Å²) in [6.07, 6.45) is -3.15. The molecule has 2 aromatic carbocycles. The van der Waals surface area contributed by atoms with Crippen molar-refractivity contribution in [2.24, 2.45) is 0 Å². The van der Waals surface area contributed by atoms with Gasteiger partial charge >= 0.3 is 6.18 Å². The monoisotopic (exact) mass is 639 g/mol. The summed E-state index contributed by atoms with van der Waals surface area (Å²) in [6.45, 7) is 0.724. The predicted molar refractivity (Wildman–Crippen MR) is 160 cm³/mol. The molecular formula is C31H40F3N3O6S. The number of methoxy groups -OCH3 is 1. The summed E-state index contributed by atoms with van der Waals surface area (Å²) in [5, 5.41) is 17.6. The average molecular weight is 640 g/mol. The number of likely N-dealkylation sites (N-methyl/N-ethyl adjacent to an activating group) is 1. The molecular weight excluding hydrogens is 599 g/mol. The number of amides is 1. The van der Waals surface area contributed by atoms with E-state index in [9.17, 15) is 31.5 Å². The number of sulfonamides is 1.